The maximum absolute atomic E-state index is 12.0. The van der Waals surface area contributed by atoms with E-state index in [1.54, 1.807) is 0 Å². The molecule has 0 bridgehead atoms. The van der Waals surface area contributed by atoms with Gasteiger partial charge in [0.2, 0.25) is 0 Å². The summed E-state index contributed by atoms with van der Waals surface area (Å²) < 4.78 is 1.28. The van der Waals surface area contributed by atoms with Crippen LogP contribution in [0.2, 0.25) is 0 Å². The molecule has 0 saturated heterocycles. The second-order valence-electron chi connectivity index (χ2n) is 6.41. The number of aliphatic hydroxyl groups excluding tert-OH is 1. The fraction of sp³-hybridized carbons (Fsp3) is 0.667. The topological polar surface area (TPSA) is 84.2 Å². The van der Waals surface area contributed by atoms with Crippen LogP contribution in [0.4, 0.5) is 0 Å². The van der Waals surface area contributed by atoms with E-state index in [1.807, 2.05) is 27.7 Å². The van der Waals surface area contributed by atoms with E-state index in [0.29, 0.717) is 13.0 Å². The molecular formula is C15H25N3O3. The molecule has 0 aliphatic heterocycles. The molecule has 1 heterocycles. The molecule has 2 N–H and O–H groups in total. The van der Waals surface area contributed by atoms with Crippen LogP contribution in [0.25, 0.3) is 0 Å². The summed E-state index contributed by atoms with van der Waals surface area (Å²) >= 11 is 0. The Morgan fingerprint density at radius 3 is 2.67 bits per heavy atom. The molecule has 0 radical (unpaired) electrons. The molecule has 1 atom stereocenters. The zero-order chi connectivity index (χ0) is 16.0. The molecule has 0 fully saturated rings. The van der Waals surface area contributed by atoms with E-state index < -0.39 is 6.10 Å². The summed E-state index contributed by atoms with van der Waals surface area (Å²) in [6, 6.07) is 2.74. The normalized spacial score (nSPS) is 13.0. The van der Waals surface area contributed by atoms with E-state index in [1.165, 1.54) is 16.8 Å². The highest BCUT2D eigenvalue weighted by atomic mass is 16.3. The highest BCUT2D eigenvalue weighted by molar-refractivity contribution is 5.91. The number of carbonyl (C=O) groups excluding carboxylic acids is 1. The Bertz CT molecular complexity index is 532. The van der Waals surface area contributed by atoms with Crippen molar-refractivity contribution in [1.82, 2.24) is 15.1 Å². The summed E-state index contributed by atoms with van der Waals surface area (Å²) in [5, 5.41) is 16.5. The van der Waals surface area contributed by atoms with Gasteiger partial charge in [0.1, 0.15) is 5.69 Å². The predicted molar refractivity (Wildman–Crippen MR) is 81.2 cm³/mol. The third-order valence-electron chi connectivity index (χ3n) is 2.88. The summed E-state index contributed by atoms with van der Waals surface area (Å²) in [4.78, 5) is 23.5. The first-order chi connectivity index (χ1) is 9.73. The SMILES string of the molecule is CCCn1nc(C(=O)NCC(O)CC(C)(C)C)ccc1=O. The lowest BCUT2D eigenvalue weighted by Crippen LogP contribution is -2.35. The number of hydrogen-bond acceptors (Lipinski definition) is 4. The summed E-state index contributed by atoms with van der Waals surface area (Å²) in [7, 11) is 0. The number of nitrogens with zero attached hydrogens (tertiary/aromatic N) is 2. The second kappa shape index (κ2) is 7.36. The molecule has 0 spiro atoms. The Kier molecular flexibility index (Phi) is 6.08. The third kappa shape index (κ3) is 6.08. The number of nitrogens with one attached hydrogen (secondary N) is 1. The molecule has 1 aromatic heterocycles. The Labute approximate surface area is 125 Å². The average Bonchev–Trinajstić information content (AvgIpc) is 2.37. The molecule has 6 nitrogen and oxygen atoms in total. The number of rotatable bonds is 6. The standard InChI is InChI=1S/C15H25N3O3/c1-5-8-18-13(20)7-6-12(17-18)14(21)16-10-11(19)9-15(2,3)4/h6-7,11,19H,5,8-10H2,1-4H3,(H,16,21). The van der Waals surface area contributed by atoms with Gasteiger partial charge < -0.3 is 10.4 Å². The van der Waals surface area contributed by atoms with E-state index in [9.17, 15) is 14.7 Å². The zero-order valence-corrected chi connectivity index (χ0v) is 13.2. The summed E-state index contributed by atoms with van der Waals surface area (Å²) in [5.41, 5.74) is -0.0382. The lowest BCUT2D eigenvalue weighted by Gasteiger charge is -2.22. The van der Waals surface area contributed by atoms with Gasteiger partial charge in [-0.15, -0.1) is 0 Å². The minimum Gasteiger partial charge on any atom is -0.391 e. The molecule has 21 heavy (non-hydrogen) atoms. The van der Waals surface area contributed by atoms with Crippen molar-refractivity contribution in [3.63, 3.8) is 0 Å². The van der Waals surface area contributed by atoms with Crippen LogP contribution in [0, 0.1) is 5.41 Å². The largest absolute Gasteiger partial charge is 0.391 e. The maximum atomic E-state index is 12.0. The zero-order valence-electron chi connectivity index (χ0n) is 13.2. The first-order valence-electron chi connectivity index (χ1n) is 7.27. The van der Waals surface area contributed by atoms with Gasteiger partial charge in [-0.3, -0.25) is 9.59 Å². The van der Waals surface area contributed by atoms with Crippen molar-refractivity contribution in [2.24, 2.45) is 5.41 Å². The van der Waals surface area contributed by atoms with Gasteiger partial charge >= 0.3 is 0 Å². The number of hydrogen-bond donors (Lipinski definition) is 2. The van der Waals surface area contributed by atoms with Crippen molar-refractivity contribution >= 4 is 5.91 Å². The molecule has 0 saturated carbocycles. The lowest BCUT2D eigenvalue weighted by atomic mass is 9.89. The quantitative estimate of drug-likeness (QED) is 0.825. The molecule has 0 aromatic carbocycles. The van der Waals surface area contributed by atoms with Crippen molar-refractivity contribution in [2.75, 3.05) is 6.54 Å². The van der Waals surface area contributed by atoms with Crippen LogP contribution in [0.1, 0.15) is 51.0 Å². The van der Waals surface area contributed by atoms with Crippen LogP contribution in [-0.2, 0) is 6.54 Å². The summed E-state index contributed by atoms with van der Waals surface area (Å²) in [5.74, 6) is -0.382. The van der Waals surface area contributed by atoms with Gasteiger partial charge in [-0.05, 0) is 24.3 Å². The first-order valence-corrected chi connectivity index (χ1v) is 7.27. The van der Waals surface area contributed by atoms with Crippen LogP contribution in [0.15, 0.2) is 16.9 Å². The van der Waals surface area contributed by atoms with Gasteiger partial charge in [0.25, 0.3) is 11.5 Å². The fourth-order valence-electron chi connectivity index (χ4n) is 2.02. The van der Waals surface area contributed by atoms with E-state index >= 15 is 0 Å². The van der Waals surface area contributed by atoms with E-state index in [-0.39, 0.29) is 29.1 Å². The minimum absolute atomic E-state index is 0.00323. The first kappa shape index (κ1) is 17.4. The van der Waals surface area contributed by atoms with Gasteiger partial charge in [0.05, 0.1) is 6.10 Å². The molecule has 1 aromatic rings. The van der Waals surface area contributed by atoms with Crippen molar-refractivity contribution in [1.29, 1.82) is 0 Å². The Morgan fingerprint density at radius 2 is 2.10 bits per heavy atom. The summed E-state index contributed by atoms with van der Waals surface area (Å²) in [6.45, 7) is 8.67. The molecule has 118 valence electrons. The summed E-state index contributed by atoms with van der Waals surface area (Å²) in [6.07, 6.45) is 0.758. The smallest absolute Gasteiger partial charge is 0.271 e. The highest BCUT2D eigenvalue weighted by Crippen LogP contribution is 2.20. The van der Waals surface area contributed by atoms with E-state index in [4.69, 9.17) is 0 Å². The van der Waals surface area contributed by atoms with Gasteiger partial charge in [-0.25, -0.2) is 4.68 Å². The number of carbonyl (C=O) groups is 1. The average molecular weight is 295 g/mol. The van der Waals surface area contributed by atoms with Crippen LogP contribution in [-0.4, -0.2) is 33.4 Å². The number of aromatic nitrogens is 2. The number of aliphatic hydroxyl groups is 1. The van der Waals surface area contributed by atoms with Crippen LogP contribution in [0.5, 0.6) is 0 Å². The molecule has 1 amide bonds. The van der Waals surface area contributed by atoms with Crippen LogP contribution >= 0.6 is 0 Å². The monoisotopic (exact) mass is 295 g/mol. The number of aryl methyl sites for hydroxylation is 1. The van der Waals surface area contributed by atoms with Crippen molar-refractivity contribution in [3.05, 3.63) is 28.2 Å². The third-order valence-corrected chi connectivity index (χ3v) is 2.88. The van der Waals surface area contributed by atoms with Crippen molar-refractivity contribution in [3.8, 4) is 0 Å². The molecule has 1 unspecified atom stereocenters. The second-order valence-corrected chi connectivity index (χ2v) is 6.41. The van der Waals surface area contributed by atoms with Crippen molar-refractivity contribution in [2.45, 2.75) is 53.2 Å². The molecule has 0 aliphatic carbocycles. The Morgan fingerprint density at radius 1 is 1.43 bits per heavy atom. The van der Waals surface area contributed by atoms with E-state index in [0.717, 1.165) is 6.42 Å². The van der Waals surface area contributed by atoms with Crippen LogP contribution in [0.3, 0.4) is 0 Å². The predicted octanol–water partition coefficient (Wildman–Crippen LogP) is 1.18. The lowest BCUT2D eigenvalue weighted by molar-refractivity contribution is 0.0862. The van der Waals surface area contributed by atoms with Crippen molar-refractivity contribution < 1.29 is 9.90 Å². The Hall–Kier alpha value is -1.69. The van der Waals surface area contributed by atoms with Gasteiger partial charge in [-0.2, -0.15) is 5.10 Å². The van der Waals surface area contributed by atoms with E-state index in [2.05, 4.69) is 10.4 Å². The van der Waals surface area contributed by atoms with Gasteiger partial charge in [0.15, 0.2) is 0 Å². The Balaban J connectivity index is 2.64. The van der Waals surface area contributed by atoms with Crippen LogP contribution < -0.4 is 10.9 Å². The van der Waals surface area contributed by atoms with Gasteiger partial charge in [0, 0.05) is 19.2 Å². The molecule has 6 heteroatoms. The molecule has 0 aliphatic rings. The number of amides is 1. The fourth-order valence-corrected chi connectivity index (χ4v) is 2.02. The van der Waals surface area contributed by atoms with Gasteiger partial charge in [-0.1, -0.05) is 27.7 Å². The molecular weight excluding hydrogens is 270 g/mol. The maximum Gasteiger partial charge on any atom is 0.271 e. The minimum atomic E-state index is -0.601. The highest BCUT2D eigenvalue weighted by Gasteiger charge is 2.18. The molecule has 1 rings (SSSR count).